The highest BCUT2D eigenvalue weighted by molar-refractivity contribution is 4.93. The van der Waals surface area contributed by atoms with E-state index in [4.69, 9.17) is 0 Å². The van der Waals surface area contributed by atoms with Crippen molar-refractivity contribution >= 4 is 0 Å². The predicted molar refractivity (Wildman–Crippen MR) is 55.7 cm³/mol. The fourth-order valence-corrected chi connectivity index (χ4v) is 2.17. The summed E-state index contributed by atoms with van der Waals surface area (Å²) in [6.45, 7) is 6.93. The van der Waals surface area contributed by atoms with Crippen molar-refractivity contribution in [2.75, 3.05) is 6.61 Å². The van der Waals surface area contributed by atoms with Crippen LogP contribution in [-0.2, 0) is 0 Å². The van der Waals surface area contributed by atoms with E-state index in [-0.39, 0.29) is 5.41 Å². The van der Waals surface area contributed by atoms with Crippen LogP contribution in [0.4, 0.5) is 0 Å². The van der Waals surface area contributed by atoms with Crippen LogP contribution in [0.25, 0.3) is 0 Å². The van der Waals surface area contributed by atoms with Crippen molar-refractivity contribution in [3.8, 4) is 0 Å². The number of nitrogens with one attached hydrogen (secondary N) is 1. The highest BCUT2D eigenvalue weighted by Gasteiger charge is 2.38. The minimum absolute atomic E-state index is 0.128. The van der Waals surface area contributed by atoms with Gasteiger partial charge in [0, 0.05) is 24.1 Å². The van der Waals surface area contributed by atoms with Gasteiger partial charge >= 0.3 is 0 Å². The second-order valence-corrected chi connectivity index (χ2v) is 4.73. The zero-order valence-corrected chi connectivity index (χ0v) is 9.14. The van der Waals surface area contributed by atoms with Gasteiger partial charge in [0.1, 0.15) is 0 Å². The topological polar surface area (TPSA) is 32.3 Å². The summed E-state index contributed by atoms with van der Waals surface area (Å²) in [6.07, 6.45) is 4.81. The maximum atomic E-state index is 9.34. The van der Waals surface area contributed by atoms with Gasteiger partial charge in [-0.25, -0.2) is 0 Å². The Bertz CT molecular complexity index is 160. The van der Waals surface area contributed by atoms with Crippen LogP contribution in [0.5, 0.6) is 0 Å². The lowest BCUT2D eigenvalue weighted by atomic mass is 9.85. The Morgan fingerprint density at radius 1 is 1.62 bits per heavy atom. The monoisotopic (exact) mass is 185 g/mol. The highest BCUT2D eigenvalue weighted by atomic mass is 16.3. The van der Waals surface area contributed by atoms with Crippen molar-refractivity contribution < 1.29 is 5.11 Å². The Balaban J connectivity index is 2.48. The Hall–Kier alpha value is -0.0800. The van der Waals surface area contributed by atoms with Gasteiger partial charge < -0.3 is 10.4 Å². The molecule has 0 aliphatic heterocycles. The Kier molecular flexibility index (Phi) is 3.74. The molecule has 3 unspecified atom stereocenters. The maximum absolute atomic E-state index is 9.34. The zero-order valence-electron chi connectivity index (χ0n) is 9.14. The molecule has 2 heteroatoms. The van der Waals surface area contributed by atoms with E-state index in [1.165, 1.54) is 12.8 Å². The standard InChI is InChI=1S/C11H23NO/c1-4-9(2)12-10-6-5-7-11(10,3)8-13/h9-10,12-13H,4-8H2,1-3H3. The third-order valence-electron chi connectivity index (χ3n) is 3.54. The van der Waals surface area contributed by atoms with Gasteiger partial charge in [0.05, 0.1) is 0 Å². The molecule has 0 aromatic rings. The van der Waals surface area contributed by atoms with Crippen LogP contribution in [0.2, 0.25) is 0 Å². The van der Waals surface area contributed by atoms with Gasteiger partial charge in [0.25, 0.3) is 0 Å². The Morgan fingerprint density at radius 2 is 2.31 bits per heavy atom. The average Bonchev–Trinajstić information content (AvgIpc) is 2.49. The van der Waals surface area contributed by atoms with E-state index in [9.17, 15) is 5.11 Å². The number of aliphatic hydroxyl groups excluding tert-OH is 1. The van der Waals surface area contributed by atoms with Gasteiger partial charge in [0.15, 0.2) is 0 Å². The van der Waals surface area contributed by atoms with Crippen LogP contribution in [0, 0.1) is 5.41 Å². The second kappa shape index (κ2) is 4.43. The lowest BCUT2D eigenvalue weighted by Crippen LogP contribution is -2.45. The van der Waals surface area contributed by atoms with E-state index in [1.54, 1.807) is 0 Å². The maximum Gasteiger partial charge on any atom is 0.0499 e. The number of aliphatic hydroxyl groups is 1. The van der Waals surface area contributed by atoms with Gasteiger partial charge in [-0.2, -0.15) is 0 Å². The van der Waals surface area contributed by atoms with Crippen LogP contribution >= 0.6 is 0 Å². The Labute approximate surface area is 81.7 Å². The van der Waals surface area contributed by atoms with Crippen molar-refractivity contribution in [2.45, 2.75) is 58.5 Å². The number of rotatable bonds is 4. The molecule has 0 heterocycles. The summed E-state index contributed by atoms with van der Waals surface area (Å²) in [6, 6.07) is 1.10. The molecule has 1 aliphatic carbocycles. The highest BCUT2D eigenvalue weighted by Crippen LogP contribution is 2.37. The molecule has 1 saturated carbocycles. The molecule has 3 atom stereocenters. The fourth-order valence-electron chi connectivity index (χ4n) is 2.17. The lowest BCUT2D eigenvalue weighted by Gasteiger charge is -2.32. The molecule has 0 radical (unpaired) electrons. The summed E-state index contributed by atoms with van der Waals surface area (Å²) in [5, 5.41) is 13.0. The van der Waals surface area contributed by atoms with E-state index in [0.29, 0.717) is 18.7 Å². The molecule has 13 heavy (non-hydrogen) atoms. The minimum atomic E-state index is 0.128. The molecule has 0 saturated heterocycles. The van der Waals surface area contributed by atoms with E-state index in [0.717, 1.165) is 12.8 Å². The minimum Gasteiger partial charge on any atom is -0.396 e. The van der Waals surface area contributed by atoms with Gasteiger partial charge in [-0.15, -0.1) is 0 Å². The Morgan fingerprint density at radius 3 is 2.85 bits per heavy atom. The normalized spacial score (nSPS) is 36.5. The molecular weight excluding hydrogens is 162 g/mol. The second-order valence-electron chi connectivity index (χ2n) is 4.73. The molecule has 0 spiro atoms. The first kappa shape index (κ1) is 11.0. The van der Waals surface area contributed by atoms with Crippen molar-refractivity contribution in [1.29, 1.82) is 0 Å². The molecule has 1 rings (SSSR count). The lowest BCUT2D eigenvalue weighted by molar-refractivity contribution is 0.114. The average molecular weight is 185 g/mol. The van der Waals surface area contributed by atoms with Gasteiger partial charge in [-0.3, -0.25) is 0 Å². The molecule has 1 aliphatic rings. The molecule has 0 aromatic carbocycles. The summed E-state index contributed by atoms with van der Waals surface area (Å²) in [5.74, 6) is 0. The molecule has 0 aromatic heterocycles. The van der Waals surface area contributed by atoms with E-state index in [1.807, 2.05) is 0 Å². The summed E-state index contributed by atoms with van der Waals surface area (Å²) in [7, 11) is 0. The third kappa shape index (κ3) is 2.44. The van der Waals surface area contributed by atoms with Crippen LogP contribution in [-0.4, -0.2) is 23.8 Å². The molecule has 78 valence electrons. The first-order chi connectivity index (χ1) is 6.12. The van der Waals surface area contributed by atoms with Crippen molar-refractivity contribution in [3.05, 3.63) is 0 Å². The van der Waals surface area contributed by atoms with Crippen LogP contribution < -0.4 is 5.32 Å². The molecule has 2 nitrogen and oxygen atoms in total. The number of hydrogen-bond donors (Lipinski definition) is 2. The first-order valence-corrected chi connectivity index (χ1v) is 5.49. The molecule has 1 fully saturated rings. The molecule has 2 N–H and O–H groups in total. The van der Waals surface area contributed by atoms with Gasteiger partial charge in [0.2, 0.25) is 0 Å². The summed E-state index contributed by atoms with van der Waals surface area (Å²) in [5.41, 5.74) is 0.128. The molecular formula is C11H23NO. The van der Waals surface area contributed by atoms with E-state index < -0.39 is 0 Å². The summed E-state index contributed by atoms with van der Waals surface area (Å²) in [4.78, 5) is 0. The van der Waals surface area contributed by atoms with Crippen LogP contribution in [0.15, 0.2) is 0 Å². The largest absolute Gasteiger partial charge is 0.396 e. The van der Waals surface area contributed by atoms with Gasteiger partial charge in [-0.05, 0) is 26.2 Å². The fraction of sp³-hybridized carbons (Fsp3) is 1.00. The SMILES string of the molecule is CCC(C)NC1CCCC1(C)CO. The van der Waals surface area contributed by atoms with Crippen molar-refractivity contribution in [3.63, 3.8) is 0 Å². The first-order valence-electron chi connectivity index (χ1n) is 5.49. The van der Waals surface area contributed by atoms with Crippen molar-refractivity contribution in [1.82, 2.24) is 5.32 Å². The van der Waals surface area contributed by atoms with E-state index in [2.05, 4.69) is 26.1 Å². The third-order valence-corrected chi connectivity index (χ3v) is 3.54. The smallest absolute Gasteiger partial charge is 0.0499 e. The predicted octanol–water partition coefficient (Wildman–Crippen LogP) is 1.93. The van der Waals surface area contributed by atoms with Crippen LogP contribution in [0.1, 0.15) is 46.5 Å². The summed E-state index contributed by atoms with van der Waals surface area (Å²) < 4.78 is 0. The van der Waals surface area contributed by atoms with Crippen molar-refractivity contribution in [2.24, 2.45) is 5.41 Å². The van der Waals surface area contributed by atoms with Gasteiger partial charge in [-0.1, -0.05) is 20.3 Å². The van der Waals surface area contributed by atoms with Crippen LogP contribution in [0.3, 0.4) is 0 Å². The molecule has 0 amide bonds. The number of hydrogen-bond acceptors (Lipinski definition) is 2. The molecule has 0 bridgehead atoms. The quantitative estimate of drug-likeness (QED) is 0.701. The summed E-state index contributed by atoms with van der Waals surface area (Å²) >= 11 is 0. The zero-order chi connectivity index (χ0) is 9.90. The van der Waals surface area contributed by atoms with E-state index >= 15 is 0 Å².